The molecular formula is C28H60N+. The first kappa shape index (κ1) is 29.0. The van der Waals surface area contributed by atoms with Crippen molar-refractivity contribution in [1.29, 1.82) is 0 Å². The highest BCUT2D eigenvalue weighted by molar-refractivity contribution is 4.50. The fraction of sp³-hybridized carbons (Fsp3) is 1.00. The van der Waals surface area contributed by atoms with Gasteiger partial charge in [0.15, 0.2) is 0 Å². The molecule has 0 saturated heterocycles. The Kier molecular flexibility index (Phi) is 22.6. The average molecular weight is 411 g/mol. The number of hydrogen-bond acceptors (Lipinski definition) is 0. The summed E-state index contributed by atoms with van der Waals surface area (Å²) in [5.74, 6) is 0. The molecule has 0 aliphatic carbocycles. The molecule has 0 bridgehead atoms. The maximum Gasteiger partial charge on any atom is 0.0784 e. The molecule has 1 heteroatoms. The minimum absolute atomic E-state index is 1.31. The van der Waals surface area contributed by atoms with Crippen LogP contribution < -0.4 is 0 Å². The lowest BCUT2D eigenvalue weighted by atomic mass is 10.1. The molecule has 0 saturated carbocycles. The summed E-state index contributed by atoms with van der Waals surface area (Å²) in [5, 5.41) is 0. The number of quaternary nitrogens is 1. The zero-order valence-corrected chi connectivity index (χ0v) is 21.4. The van der Waals surface area contributed by atoms with Crippen LogP contribution in [0.5, 0.6) is 0 Å². The van der Waals surface area contributed by atoms with E-state index in [2.05, 4.69) is 27.8 Å². The highest BCUT2D eigenvalue weighted by Gasteiger charge is 2.17. The minimum Gasteiger partial charge on any atom is -0.326 e. The van der Waals surface area contributed by atoms with Gasteiger partial charge < -0.3 is 4.48 Å². The quantitative estimate of drug-likeness (QED) is 0.110. The third kappa shape index (κ3) is 21.0. The molecule has 176 valence electrons. The normalized spacial score (nSPS) is 13.7. The maximum atomic E-state index is 2.50. The van der Waals surface area contributed by atoms with Gasteiger partial charge in [-0.15, -0.1) is 0 Å². The Labute approximate surface area is 187 Å². The van der Waals surface area contributed by atoms with Crippen molar-refractivity contribution in [1.82, 2.24) is 0 Å². The minimum atomic E-state index is 1.31. The summed E-state index contributed by atoms with van der Waals surface area (Å²) in [4.78, 5) is 0. The number of nitrogens with zero attached hydrogens (tertiary/aromatic N) is 1. The van der Waals surface area contributed by atoms with Gasteiger partial charge in [-0.25, -0.2) is 0 Å². The van der Waals surface area contributed by atoms with Gasteiger partial charge in [-0.1, -0.05) is 123 Å². The van der Waals surface area contributed by atoms with E-state index in [0.717, 1.165) is 0 Å². The molecule has 1 nitrogen and oxygen atoms in total. The molecule has 0 aromatic rings. The van der Waals surface area contributed by atoms with Crippen molar-refractivity contribution in [2.75, 3.05) is 26.7 Å². The summed E-state index contributed by atoms with van der Waals surface area (Å²) in [5.41, 5.74) is 0. The Morgan fingerprint density at radius 1 is 0.345 bits per heavy atom. The largest absolute Gasteiger partial charge is 0.326 e. The molecular weight excluding hydrogens is 350 g/mol. The van der Waals surface area contributed by atoms with E-state index < -0.39 is 0 Å². The monoisotopic (exact) mass is 410 g/mol. The van der Waals surface area contributed by atoms with Crippen molar-refractivity contribution in [3.05, 3.63) is 0 Å². The van der Waals surface area contributed by atoms with Crippen LogP contribution in [0.25, 0.3) is 0 Å². The third-order valence-electron chi connectivity index (χ3n) is 7.12. The summed E-state index contributed by atoms with van der Waals surface area (Å²) < 4.78 is 1.31. The number of rotatable bonds is 24. The predicted molar refractivity (Wildman–Crippen MR) is 135 cm³/mol. The highest BCUT2D eigenvalue weighted by Crippen LogP contribution is 2.15. The second kappa shape index (κ2) is 22.6. The maximum absolute atomic E-state index is 2.50. The SMILES string of the molecule is CCCCCCCCCCCCC[N+](C)(CC)CCCCCCCCCCCC. The first-order valence-corrected chi connectivity index (χ1v) is 14.0. The summed E-state index contributed by atoms with van der Waals surface area (Å²) in [7, 11) is 2.50. The molecule has 29 heavy (non-hydrogen) atoms. The van der Waals surface area contributed by atoms with Gasteiger partial charge in [-0.2, -0.15) is 0 Å². The molecule has 0 aliphatic rings. The van der Waals surface area contributed by atoms with E-state index in [9.17, 15) is 0 Å². The Morgan fingerprint density at radius 2 is 0.586 bits per heavy atom. The van der Waals surface area contributed by atoms with Crippen LogP contribution in [0.3, 0.4) is 0 Å². The fourth-order valence-electron chi connectivity index (χ4n) is 4.57. The van der Waals surface area contributed by atoms with Crippen LogP contribution in [0.15, 0.2) is 0 Å². The van der Waals surface area contributed by atoms with Crippen molar-refractivity contribution in [3.63, 3.8) is 0 Å². The highest BCUT2D eigenvalue weighted by atomic mass is 15.3. The predicted octanol–water partition coefficient (Wildman–Crippen LogP) is 9.68. The first-order valence-electron chi connectivity index (χ1n) is 14.0. The van der Waals surface area contributed by atoms with E-state index in [-0.39, 0.29) is 0 Å². The zero-order chi connectivity index (χ0) is 21.5. The van der Waals surface area contributed by atoms with E-state index in [1.807, 2.05) is 0 Å². The van der Waals surface area contributed by atoms with Gasteiger partial charge in [-0.3, -0.25) is 0 Å². The van der Waals surface area contributed by atoms with Crippen LogP contribution in [0.2, 0.25) is 0 Å². The lowest BCUT2D eigenvalue weighted by molar-refractivity contribution is -0.908. The zero-order valence-electron chi connectivity index (χ0n) is 21.4. The van der Waals surface area contributed by atoms with Gasteiger partial charge in [0.2, 0.25) is 0 Å². The molecule has 0 amide bonds. The molecule has 0 spiro atoms. The molecule has 1 atom stereocenters. The number of unbranched alkanes of at least 4 members (excludes halogenated alkanes) is 19. The van der Waals surface area contributed by atoms with E-state index in [0.29, 0.717) is 0 Å². The molecule has 0 radical (unpaired) electrons. The number of hydrogen-bond donors (Lipinski definition) is 0. The summed E-state index contributed by atoms with van der Waals surface area (Å²) in [6.07, 6.45) is 30.5. The molecule has 0 N–H and O–H groups in total. The first-order chi connectivity index (χ1) is 14.2. The molecule has 1 unspecified atom stereocenters. The standard InChI is InChI=1S/C28H60N/c1-5-8-10-12-14-16-18-20-22-24-26-28-29(4,7-3)27-25-23-21-19-17-15-13-11-9-6-2/h5-28H2,1-4H3/q+1. The van der Waals surface area contributed by atoms with Gasteiger partial charge in [0, 0.05) is 0 Å². The van der Waals surface area contributed by atoms with Crippen LogP contribution >= 0.6 is 0 Å². The molecule has 0 heterocycles. The van der Waals surface area contributed by atoms with Gasteiger partial charge in [0.25, 0.3) is 0 Å². The lowest BCUT2D eigenvalue weighted by Gasteiger charge is -2.33. The lowest BCUT2D eigenvalue weighted by Crippen LogP contribution is -2.45. The van der Waals surface area contributed by atoms with E-state index in [1.165, 1.54) is 159 Å². The summed E-state index contributed by atoms with van der Waals surface area (Å²) in [6.45, 7) is 11.1. The summed E-state index contributed by atoms with van der Waals surface area (Å²) >= 11 is 0. The second-order valence-corrected chi connectivity index (χ2v) is 10.1. The second-order valence-electron chi connectivity index (χ2n) is 10.1. The average Bonchev–Trinajstić information content (AvgIpc) is 2.73. The fourth-order valence-corrected chi connectivity index (χ4v) is 4.57. The molecule has 0 aromatic heterocycles. The van der Waals surface area contributed by atoms with Gasteiger partial charge in [0.1, 0.15) is 0 Å². The molecule has 0 aliphatic heterocycles. The van der Waals surface area contributed by atoms with Gasteiger partial charge in [-0.05, 0) is 32.6 Å². The Balaban J connectivity index is 3.46. The van der Waals surface area contributed by atoms with Gasteiger partial charge >= 0.3 is 0 Å². The van der Waals surface area contributed by atoms with Gasteiger partial charge in [0.05, 0.1) is 26.7 Å². The van der Waals surface area contributed by atoms with Crippen LogP contribution in [0, 0.1) is 0 Å². The topological polar surface area (TPSA) is 0 Å². The summed E-state index contributed by atoms with van der Waals surface area (Å²) in [6, 6.07) is 0. The van der Waals surface area contributed by atoms with E-state index in [1.54, 1.807) is 0 Å². The molecule has 0 rings (SSSR count). The van der Waals surface area contributed by atoms with Crippen molar-refractivity contribution in [3.8, 4) is 0 Å². The third-order valence-corrected chi connectivity index (χ3v) is 7.12. The Hall–Kier alpha value is -0.0400. The van der Waals surface area contributed by atoms with Crippen LogP contribution in [0.4, 0.5) is 0 Å². The van der Waals surface area contributed by atoms with Crippen molar-refractivity contribution in [2.24, 2.45) is 0 Å². The Bertz CT molecular complexity index is 301. The van der Waals surface area contributed by atoms with Crippen LogP contribution in [-0.2, 0) is 0 Å². The van der Waals surface area contributed by atoms with Crippen LogP contribution in [0.1, 0.15) is 156 Å². The van der Waals surface area contributed by atoms with E-state index in [4.69, 9.17) is 0 Å². The smallest absolute Gasteiger partial charge is 0.0784 e. The molecule has 0 aromatic carbocycles. The van der Waals surface area contributed by atoms with Crippen molar-refractivity contribution in [2.45, 2.75) is 156 Å². The van der Waals surface area contributed by atoms with Crippen molar-refractivity contribution < 1.29 is 4.48 Å². The van der Waals surface area contributed by atoms with Crippen LogP contribution in [-0.4, -0.2) is 31.2 Å². The Morgan fingerprint density at radius 3 is 0.828 bits per heavy atom. The van der Waals surface area contributed by atoms with Crippen molar-refractivity contribution >= 4 is 0 Å². The molecule has 0 fully saturated rings. The van der Waals surface area contributed by atoms with E-state index >= 15 is 0 Å².